The van der Waals surface area contributed by atoms with Crippen LogP contribution in [0.15, 0.2) is 11.6 Å². The Kier molecular flexibility index (Phi) is 16.5. The summed E-state index contributed by atoms with van der Waals surface area (Å²) in [6.45, 7) is 15.6. The first kappa shape index (κ1) is 59.5. The maximum absolute atomic E-state index is 14.7. The number of rotatable bonds is 11. The molecule has 9 rings (SSSR count). The molecular weight excluding hydrogens is 1020 g/mol. The number of ether oxygens (including phenoxy) is 8. The predicted octanol–water partition coefficient (Wildman–Crippen LogP) is -0.915. The Morgan fingerprint density at radius 1 is 0.584 bits per heavy atom. The smallest absolute Gasteiger partial charge is 0.335 e. The number of hydrogen-bond acceptors (Lipinski definition) is 22. The lowest BCUT2D eigenvalue weighted by Gasteiger charge is -2.71. The zero-order chi connectivity index (χ0) is 56.4. The van der Waals surface area contributed by atoms with Crippen LogP contribution in [0.1, 0.15) is 120 Å². The van der Waals surface area contributed by atoms with Gasteiger partial charge in [0.1, 0.15) is 85.5 Å². The Morgan fingerprint density at radius 3 is 1.79 bits per heavy atom. The first-order chi connectivity index (χ1) is 35.9. The third kappa shape index (κ3) is 9.66. The van der Waals surface area contributed by atoms with Gasteiger partial charge in [-0.1, -0.05) is 60.1 Å². The molecule has 4 saturated heterocycles. The minimum atomic E-state index is -2.03. The van der Waals surface area contributed by atoms with Crippen molar-refractivity contribution in [3.05, 3.63) is 11.6 Å². The summed E-state index contributed by atoms with van der Waals surface area (Å²) in [5, 5.41) is 139. The number of aliphatic carboxylic acids is 1. The van der Waals surface area contributed by atoms with Crippen LogP contribution in [-0.2, 0) is 47.5 Å². The van der Waals surface area contributed by atoms with E-state index in [0.717, 1.165) is 32.1 Å². The zero-order valence-corrected chi connectivity index (χ0v) is 45.3. The van der Waals surface area contributed by atoms with E-state index in [9.17, 15) is 76.0 Å². The highest BCUT2D eigenvalue weighted by Crippen LogP contribution is 2.76. The van der Waals surface area contributed by atoms with Crippen molar-refractivity contribution in [2.24, 2.45) is 50.2 Å². The summed E-state index contributed by atoms with van der Waals surface area (Å²) < 4.78 is 46.8. The van der Waals surface area contributed by atoms with Gasteiger partial charge in [0.05, 0.1) is 30.8 Å². The molecule has 440 valence electrons. The van der Waals surface area contributed by atoms with E-state index < -0.39 is 165 Å². The average Bonchev–Trinajstić information content (AvgIpc) is 3.37. The lowest BCUT2D eigenvalue weighted by Crippen LogP contribution is -2.67. The van der Waals surface area contributed by atoms with Crippen molar-refractivity contribution >= 4 is 11.9 Å². The van der Waals surface area contributed by atoms with Gasteiger partial charge in [-0.3, -0.25) is 4.79 Å². The molecule has 77 heavy (non-hydrogen) atoms. The van der Waals surface area contributed by atoms with Crippen molar-refractivity contribution in [3.63, 3.8) is 0 Å². The van der Waals surface area contributed by atoms with Gasteiger partial charge in [-0.2, -0.15) is 0 Å². The topological polar surface area (TPSA) is 371 Å². The van der Waals surface area contributed by atoms with E-state index in [1.54, 1.807) is 0 Å². The summed E-state index contributed by atoms with van der Waals surface area (Å²) in [5.41, 5.74) is -1.13. The highest BCUT2D eigenvalue weighted by molar-refractivity contribution is 5.79. The monoisotopic (exact) mass is 1100 g/mol. The average molecular weight is 1100 g/mol. The second-order valence-electron chi connectivity index (χ2n) is 26.3. The van der Waals surface area contributed by atoms with Crippen LogP contribution in [0.25, 0.3) is 0 Å². The van der Waals surface area contributed by atoms with E-state index in [2.05, 4.69) is 54.5 Å². The van der Waals surface area contributed by atoms with E-state index >= 15 is 0 Å². The summed E-state index contributed by atoms with van der Waals surface area (Å²) >= 11 is 0. The first-order valence-electron chi connectivity index (χ1n) is 27.7. The standard InChI is InChI=1S/C54H86O23/c1-22-30(57)32(59)36(63)44(70-22)74-40-26(21-56)72-45(38(65)34(40)61)75-41-35(62)39(66)47(76-42(41)43(67)68)73-29-12-13-51(6)27(50(29,4)5)11-14-53(8)28(51)10-9-23-24-19-49(2,3)15-17-54(24,18-16-52(23,53)7)48(69)77-46-37(64)33(60)31(58)25(20-55)71-46/h9,22,24-42,44-47,55-66H,10-21H2,1-8H3,(H,67,68)/t22-,24+,25+,26+,27+,28+,29-,30-,31+,32+,33-,34+,35+,36+,37+,38+,39+,40+,41-,42-,44-,45-,46-,47+,51-,52+,53+,54-/m0/s1. The van der Waals surface area contributed by atoms with Gasteiger partial charge in [-0.25, -0.2) is 4.79 Å². The molecule has 13 N–H and O–H groups in total. The summed E-state index contributed by atoms with van der Waals surface area (Å²) in [6.07, 6.45) is -25.2. The van der Waals surface area contributed by atoms with E-state index in [1.807, 2.05) is 0 Å². The second-order valence-corrected chi connectivity index (χ2v) is 26.3. The molecule has 9 aliphatic rings. The van der Waals surface area contributed by atoms with Crippen molar-refractivity contribution in [1.29, 1.82) is 0 Å². The molecule has 23 nitrogen and oxygen atoms in total. The summed E-state index contributed by atoms with van der Waals surface area (Å²) in [4.78, 5) is 27.6. The Labute approximate surface area is 448 Å². The lowest BCUT2D eigenvalue weighted by molar-refractivity contribution is -0.379. The molecule has 0 spiro atoms. The maximum Gasteiger partial charge on any atom is 0.335 e. The van der Waals surface area contributed by atoms with Crippen LogP contribution >= 0.6 is 0 Å². The third-order valence-corrected chi connectivity index (χ3v) is 21.4. The van der Waals surface area contributed by atoms with Gasteiger partial charge in [0.25, 0.3) is 0 Å². The molecule has 0 amide bonds. The normalized spacial score (nSPS) is 53.4. The molecule has 23 heteroatoms. The number of carbonyl (C=O) groups excluding carboxylic acids is 1. The van der Waals surface area contributed by atoms with Crippen LogP contribution in [-0.4, -0.2) is 220 Å². The highest BCUT2D eigenvalue weighted by atomic mass is 16.8. The highest BCUT2D eigenvalue weighted by Gasteiger charge is 2.70. The molecule has 8 fully saturated rings. The second kappa shape index (κ2) is 21.3. The molecule has 4 saturated carbocycles. The van der Waals surface area contributed by atoms with E-state index in [4.69, 9.17) is 37.9 Å². The fourth-order valence-electron chi connectivity index (χ4n) is 16.4. The number of allylic oxidation sites excluding steroid dienone is 2. The number of carboxylic acids is 1. The molecule has 0 unspecified atom stereocenters. The molecule has 0 bridgehead atoms. The molecule has 5 aliphatic carbocycles. The zero-order valence-electron chi connectivity index (χ0n) is 45.3. The van der Waals surface area contributed by atoms with Gasteiger partial charge in [0.15, 0.2) is 25.0 Å². The van der Waals surface area contributed by atoms with Crippen molar-refractivity contribution < 1.29 is 114 Å². The number of carboxylic acid groups (broad SMARTS) is 1. The van der Waals surface area contributed by atoms with Crippen LogP contribution in [0, 0.1) is 50.2 Å². The molecular formula is C54H86O23. The van der Waals surface area contributed by atoms with Crippen molar-refractivity contribution in [1.82, 2.24) is 0 Å². The minimum absolute atomic E-state index is 0.0730. The third-order valence-electron chi connectivity index (χ3n) is 21.4. The molecule has 0 aromatic carbocycles. The van der Waals surface area contributed by atoms with Crippen LogP contribution in [0.4, 0.5) is 0 Å². The van der Waals surface area contributed by atoms with Gasteiger partial charge in [-0.05, 0) is 116 Å². The van der Waals surface area contributed by atoms with Crippen molar-refractivity contribution in [2.45, 2.75) is 249 Å². The van der Waals surface area contributed by atoms with Gasteiger partial charge < -0.3 is 104 Å². The van der Waals surface area contributed by atoms with Crippen LogP contribution < -0.4 is 0 Å². The number of fused-ring (bicyclic) bond motifs is 7. The van der Waals surface area contributed by atoms with Gasteiger partial charge >= 0.3 is 11.9 Å². The lowest BCUT2D eigenvalue weighted by atomic mass is 9.33. The number of esters is 1. The fraction of sp³-hybridized carbons (Fsp3) is 0.926. The number of hydrogen-bond donors (Lipinski definition) is 13. The van der Waals surface area contributed by atoms with Crippen LogP contribution in [0.3, 0.4) is 0 Å². The number of aliphatic hydroxyl groups is 12. The summed E-state index contributed by atoms with van der Waals surface area (Å²) in [7, 11) is 0. The molecule has 4 heterocycles. The van der Waals surface area contributed by atoms with Gasteiger partial charge in [0, 0.05) is 0 Å². The Hall–Kier alpha value is -2.08. The van der Waals surface area contributed by atoms with Crippen LogP contribution in [0.5, 0.6) is 0 Å². The summed E-state index contributed by atoms with van der Waals surface area (Å²) in [6, 6.07) is 0. The SMILES string of the molecule is C[C@@H]1O[C@@H](O[C@H]2[C@H](O)[C@@H](O)[C@H](O[C@H]3[C@H](O)[C@@H](O)[C@H](O[C@H]4CC[C@@]5(C)[C@H](CC[C@]6(C)[C@@H]5CC=C5[C@H]7CC(C)(C)CC[C@]7(C(=O)O[C@@H]7O[C@H](CO)[C@@H](O)[C@H](O)[C@H]7O)CC[C@]56C)C4(C)C)O[C@@H]3C(=O)O)O[C@@H]2CO)[C@H](O)[C@H](O)[C@H]1O. The molecule has 4 aliphatic heterocycles. The molecule has 0 radical (unpaired) electrons. The van der Waals surface area contributed by atoms with E-state index in [1.165, 1.54) is 12.5 Å². The Morgan fingerprint density at radius 2 is 1.14 bits per heavy atom. The van der Waals surface area contributed by atoms with Crippen molar-refractivity contribution in [2.75, 3.05) is 13.2 Å². The Balaban J connectivity index is 0.890. The first-order valence-corrected chi connectivity index (χ1v) is 27.7. The molecule has 28 atom stereocenters. The predicted molar refractivity (Wildman–Crippen MR) is 262 cm³/mol. The van der Waals surface area contributed by atoms with E-state index in [0.29, 0.717) is 32.1 Å². The number of aliphatic hydroxyl groups excluding tert-OH is 12. The minimum Gasteiger partial charge on any atom is -0.479 e. The van der Waals surface area contributed by atoms with Gasteiger partial charge in [0.2, 0.25) is 6.29 Å². The fourth-order valence-corrected chi connectivity index (χ4v) is 16.4. The van der Waals surface area contributed by atoms with Gasteiger partial charge in [-0.15, -0.1) is 0 Å². The Bertz CT molecular complexity index is 2180. The quantitative estimate of drug-likeness (QED) is 0.0676. The van der Waals surface area contributed by atoms with Crippen molar-refractivity contribution in [3.8, 4) is 0 Å². The molecule has 0 aromatic heterocycles. The van der Waals surface area contributed by atoms with E-state index in [-0.39, 0.29) is 39.4 Å². The largest absolute Gasteiger partial charge is 0.479 e. The summed E-state index contributed by atoms with van der Waals surface area (Å²) in [5.74, 6) is -2.05. The van der Waals surface area contributed by atoms with Crippen LogP contribution in [0.2, 0.25) is 0 Å². The molecule has 0 aromatic rings. The number of carbonyl (C=O) groups is 2. The maximum atomic E-state index is 14.7.